The van der Waals surface area contributed by atoms with Crippen LogP contribution in [0.15, 0.2) is 17.1 Å². The van der Waals surface area contributed by atoms with Gasteiger partial charge in [0.25, 0.3) is 0 Å². The van der Waals surface area contributed by atoms with E-state index in [0.29, 0.717) is 6.42 Å². The third-order valence-corrected chi connectivity index (χ3v) is 3.45. The van der Waals surface area contributed by atoms with Crippen molar-refractivity contribution < 1.29 is 4.79 Å². The van der Waals surface area contributed by atoms with E-state index in [0.717, 1.165) is 10.8 Å². The molecule has 0 aromatic rings. The van der Waals surface area contributed by atoms with Crippen LogP contribution in [0.25, 0.3) is 0 Å². The fourth-order valence-corrected chi connectivity index (χ4v) is 2.53. The van der Waals surface area contributed by atoms with Crippen LogP contribution in [0.2, 0.25) is 0 Å². The second-order valence-electron chi connectivity index (χ2n) is 2.18. The predicted octanol–water partition coefficient (Wildman–Crippen LogP) is 1.85. The second-order valence-corrected chi connectivity index (χ2v) is 4.62. The van der Waals surface area contributed by atoms with Crippen molar-refractivity contribution in [1.29, 1.82) is 0 Å². The molecule has 0 aliphatic carbocycles. The predicted molar refractivity (Wildman–Crippen MR) is 62.0 cm³/mol. The van der Waals surface area contributed by atoms with Crippen LogP contribution in [0.3, 0.4) is 0 Å². The van der Waals surface area contributed by atoms with E-state index >= 15 is 0 Å². The number of hydrogen-bond acceptors (Lipinski definition) is 4. The highest BCUT2D eigenvalue weighted by Crippen LogP contribution is 2.24. The first kappa shape index (κ1) is 12.6. The largest absolute Gasteiger partial charge is 0.370 e. The van der Waals surface area contributed by atoms with Crippen LogP contribution in [0.5, 0.6) is 0 Å². The zero-order valence-electron chi connectivity index (χ0n) is 7.82. The summed E-state index contributed by atoms with van der Waals surface area (Å²) in [6.07, 6.45) is 4.29. The molecule has 74 valence electrons. The third kappa shape index (κ3) is 7.93. The molecule has 0 unspecified atom stereocenters. The van der Waals surface area contributed by atoms with Crippen LogP contribution in [0.1, 0.15) is 13.3 Å². The van der Waals surface area contributed by atoms with Crippen LogP contribution in [-0.4, -0.2) is 23.8 Å². The van der Waals surface area contributed by atoms with Gasteiger partial charge in [0.05, 0.1) is 0 Å². The first-order valence-electron chi connectivity index (χ1n) is 3.88. The van der Waals surface area contributed by atoms with Gasteiger partial charge in [-0.2, -0.15) is 0 Å². The maximum atomic E-state index is 10.4. The Hall–Kier alpha value is -0.420. The lowest BCUT2D eigenvalue weighted by molar-refractivity contribution is -0.117. The summed E-state index contributed by atoms with van der Waals surface area (Å²) in [6, 6.07) is 0. The molecule has 0 saturated carbocycles. The third-order valence-electron chi connectivity index (χ3n) is 1.11. The zero-order chi connectivity index (χ0) is 10.1. The van der Waals surface area contributed by atoms with E-state index in [1.165, 1.54) is 0 Å². The molecule has 5 heteroatoms. The lowest BCUT2D eigenvalue weighted by atomic mass is 10.5. The van der Waals surface area contributed by atoms with Crippen LogP contribution >= 0.6 is 21.6 Å². The number of rotatable bonds is 5. The highest BCUT2D eigenvalue weighted by atomic mass is 33.1. The molecule has 0 aromatic carbocycles. The van der Waals surface area contributed by atoms with Crippen molar-refractivity contribution in [2.45, 2.75) is 13.3 Å². The summed E-state index contributed by atoms with van der Waals surface area (Å²) < 4.78 is 0. The van der Waals surface area contributed by atoms with Crippen LogP contribution in [0.4, 0.5) is 0 Å². The van der Waals surface area contributed by atoms with E-state index in [2.05, 4.69) is 4.99 Å². The van der Waals surface area contributed by atoms with Gasteiger partial charge in [0.1, 0.15) is 5.04 Å². The van der Waals surface area contributed by atoms with Gasteiger partial charge in [0.2, 0.25) is 5.91 Å². The topological polar surface area (TPSA) is 55.4 Å². The lowest BCUT2D eigenvalue weighted by Crippen LogP contribution is -2.10. The van der Waals surface area contributed by atoms with Gasteiger partial charge in [-0.15, -0.1) is 0 Å². The minimum atomic E-state index is -0.255. The van der Waals surface area contributed by atoms with Crippen molar-refractivity contribution in [3.05, 3.63) is 12.2 Å². The molecule has 13 heavy (non-hydrogen) atoms. The molecule has 1 amide bonds. The number of carbonyl (C=O) groups excluding carboxylic acids is 1. The Balaban J connectivity index is 3.56. The molecule has 0 aromatic heterocycles. The van der Waals surface area contributed by atoms with Gasteiger partial charge in [0.15, 0.2) is 0 Å². The molecule has 0 atom stereocenters. The van der Waals surface area contributed by atoms with Gasteiger partial charge in [-0.1, -0.05) is 16.9 Å². The Morgan fingerprint density at radius 2 is 2.31 bits per heavy atom. The minimum Gasteiger partial charge on any atom is -0.370 e. The Morgan fingerprint density at radius 3 is 2.77 bits per heavy atom. The normalized spacial score (nSPS) is 12.3. The van der Waals surface area contributed by atoms with Gasteiger partial charge in [0, 0.05) is 19.2 Å². The Bertz CT molecular complexity index is 214. The molecule has 0 bridgehead atoms. The van der Waals surface area contributed by atoms with E-state index in [4.69, 9.17) is 5.73 Å². The molecule has 0 saturated heterocycles. The summed E-state index contributed by atoms with van der Waals surface area (Å²) >= 11 is 0. The molecule has 0 radical (unpaired) electrons. The second kappa shape index (κ2) is 8.19. The number of primary amides is 1. The van der Waals surface area contributed by atoms with Crippen molar-refractivity contribution in [2.75, 3.05) is 12.8 Å². The zero-order valence-corrected chi connectivity index (χ0v) is 9.45. The molecule has 0 aliphatic rings. The first-order chi connectivity index (χ1) is 6.20. The van der Waals surface area contributed by atoms with Crippen LogP contribution < -0.4 is 5.73 Å². The molecular weight excluding hydrogens is 204 g/mol. The average Bonchev–Trinajstić information content (AvgIpc) is 2.10. The average molecular weight is 218 g/mol. The SMILES string of the molecule is C/C=C\C(=N/C)SSCCC(N)=O. The van der Waals surface area contributed by atoms with Crippen molar-refractivity contribution in [1.82, 2.24) is 0 Å². The Labute approximate surface area is 86.6 Å². The molecule has 0 aliphatic heterocycles. The number of aliphatic imine (C=N–C) groups is 1. The highest BCUT2D eigenvalue weighted by Gasteiger charge is 1.97. The molecule has 3 nitrogen and oxygen atoms in total. The fourth-order valence-electron chi connectivity index (χ4n) is 0.526. The van der Waals surface area contributed by atoms with Crippen LogP contribution in [-0.2, 0) is 4.79 Å². The Kier molecular flexibility index (Phi) is 7.93. The molecule has 2 N–H and O–H groups in total. The summed E-state index contributed by atoms with van der Waals surface area (Å²) in [5.41, 5.74) is 4.99. The Morgan fingerprint density at radius 1 is 1.62 bits per heavy atom. The maximum Gasteiger partial charge on any atom is 0.218 e. The van der Waals surface area contributed by atoms with Gasteiger partial charge < -0.3 is 5.73 Å². The van der Waals surface area contributed by atoms with E-state index < -0.39 is 0 Å². The summed E-state index contributed by atoms with van der Waals surface area (Å²) in [6.45, 7) is 1.94. The van der Waals surface area contributed by atoms with Gasteiger partial charge in [-0.3, -0.25) is 9.79 Å². The number of allylic oxidation sites excluding steroid dienone is 1. The van der Waals surface area contributed by atoms with Crippen molar-refractivity contribution >= 4 is 32.5 Å². The van der Waals surface area contributed by atoms with Gasteiger partial charge in [-0.05, 0) is 23.8 Å². The van der Waals surface area contributed by atoms with Crippen molar-refractivity contribution in [3.8, 4) is 0 Å². The summed E-state index contributed by atoms with van der Waals surface area (Å²) in [4.78, 5) is 14.4. The first-order valence-corrected chi connectivity index (χ1v) is 6.19. The lowest BCUT2D eigenvalue weighted by Gasteiger charge is -1.98. The number of hydrogen-bond donors (Lipinski definition) is 1. The van der Waals surface area contributed by atoms with Crippen LogP contribution in [0, 0.1) is 0 Å². The summed E-state index contributed by atoms with van der Waals surface area (Å²) in [5.74, 6) is 0.477. The van der Waals surface area contributed by atoms with Crippen molar-refractivity contribution in [2.24, 2.45) is 10.7 Å². The molecule has 0 heterocycles. The van der Waals surface area contributed by atoms with E-state index in [1.807, 2.05) is 19.1 Å². The number of carbonyl (C=O) groups is 1. The molecule has 0 rings (SSSR count). The summed E-state index contributed by atoms with van der Waals surface area (Å²) in [5, 5.41) is 0.956. The molecular formula is C8H14N2OS2. The number of amides is 1. The van der Waals surface area contributed by atoms with Crippen molar-refractivity contribution in [3.63, 3.8) is 0 Å². The summed E-state index contributed by atoms with van der Waals surface area (Å²) in [7, 11) is 4.90. The van der Waals surface area contributed by atoms with Gasteiger partial charge in [-0.25, -0.2) is 0 Å². The number of nitrogens with zero attached hydrogens (tertiary/aromatic N) is 1. The highest BCUT2D eigenvalue weighted by molar-refractivity contribution is 8.82. The standard InChI is InChI=1S/C8H14N2OS2/c1-3-4-8(10-2)13-12-6-5-7(9)11/h3-4H,5-6H2,1-2H3,(H2,9,11)/b4-3-,10-8+. The minimum absolute atomic E-state index is 0.255. The fraction of sp³-hybridized carbons (Fsp3) is 0.500. The molecule has 0 spiro atoms. The quantitative estimate of drug-likeness (QED) is 0.331. The van der Waals surface area contributed by atoms with E-state index in [1.54, 1.807) is 28.6 Å². The maximum absolute atomic E-state index is 10.4. The monoisotopic (exact) mass is 218 g/mol. The smallest absolute Gasteiger partial charge is 0.218 e. The van der Waals surface area contributed by atoms with E-state index in [9.17, 15) is 4.79 Å². The van der Waals surface area contributed by atoms with E-state index in [-0.39, 0.29) is 5.91 Å². The van der Waals surface area contributed by atoms with Gasteiger partial charge >= 0.3 is 0 Å². The number of nitrogens with two attached hydrogens (primary N) is 1. The molecule has 0 fully saturated rings.